The topological polar surface area (TPSA) is 83.2 Å². The van der Waals surface area contributed by atoms with E-state index in [0.29, 0.717) is 25.8 Å². The van der Waals surface area contributed by atoms with Crippen LogP contribution in [0.1, 0.15) is 11.1 Å². The van der Waals surface area contributed by atoms with Crippen molar-refractivity contribution in [3.05, 3.63) is 90.1 Å². The third kappa shape index (κ3) is 5.70. The summed E-state index contributed by atoms with van der Waals surface area (Å²) in [6, 6.07) is 18.0. The molecule has 1 heterocycles. The number of sulfonamides is 1. The van der Waals surface area contributed by atoms with Crippen molar-refractivity contribution in [2.45, 2.75) is 17.6 Å². The predicted octanol–water partition coefficient (Wildman–Crippen LogP) is 5.16. The van der Waals surface area contributed by atoms with Gasteiger partial charge in [0.1, 0.15) is 12.4 Å². The first-order chi connectivity index (χ1) is 16.2. The van der Waals surface area contributed by atoms with Crippen LogP contribution < -0.4 is 14.8 Å². The van der Waals surface area contributed by atoms with E-state index >= 15 is 0 Å². The van der Waals surface area contributed by atoms with Gasteiger partial charge in [0.25, 0.3) is 10.0 Å². The Morgan fingerprint density at radius 1 is 0.941 bits per heavy atom. The number of anilines is 1. The molecule has 0 amide bonds. The first-order valence-corrected chi connectivity index (χ1v) is 11.9. The Bertz CT molecular complexity index is 1380. The Hall–Kier alpha value is -3.50. The number of alkyl halides is 3. The van der Waals surface area contributed by atoms with E-state index in [2.05, 4.69) is 15.0 Å². The number of nitrogens with one attached hydrogen (secondary N) is 3. The Morgan fingerprint density at radius 2 is 1.74 bits per heavy atom. The minimum absolute atomic E-state index is 0.257. The largest absolute Gasteiger partial charge is 0.492 e. The first-order valence-electron chi connectivity index (χ1n) is 10.4. The molecule has 0 atom stereocenters. The molecular weight excluding hydrogens is 467 g/mol. The van der Waals surface area contributed by atoms with E-state index in [-0.39, 0.29) is 5.69 Å². The van der Waals surface area contributed by atoms with Gasteiger partial charge in [-0.25, -0.2) is 8.42 Å². The van der Waals surface area contributed by atoms with Gasteiger partial charge in [-0.1, -0.05) is 24.3 Å². The maximum Gasteiger partial charge on any atom is 0.416 e. The van der Waals surface area contributed by atoms with Gasteiger partial charge in [0.2, 0.25) is 0 Å². The molecule has 3 N–H and O–H groups in total. The minimum Gasteiger partial charge on any atom is -0.492 e. The van der Waals surface area contributed by atoms with E-state index in [1.165, 1.54) is 6.07 Å². The average Bonchev–Trinajstić information content (AvgIpc) is 3.28. The highest BCUT2D eigenvalue weighted by Crippen LogP contribution is 2.31. The highest BCUT2D eigenvalue weighted by Gasteiger charge is 2.31. The van der Waals surface area contributed by atoms with Crippen LogP contribution in [0.5, 0.6) is 5.75 Å². The predicted molar refractivity (Wildman–Crippen MR) is 124 cm³/mol. The summed E-state index contributed by atoms with van der Waals surface area (Å²) in [7, 11) is -4.18. The number of aromatic nitrogens is 1. The lowest BCUT2D eigenvalue weighted by molar-refractivity contribution is -0.137. The van der Waals surface area contributed by atoms with Crippen molar-refractivity contribution in [2.24, 2.45) is 0 Å². The number of benzene rings is 3. The van der Waals surface area contributed by atoms with Crippen molar-refractivity contribution < 1.29 is 26.3 Å². The lowest BCUT2D eigenvalue weighted by atomic mass is 10.2. The number of aromatic amines is 1. The van der Waals surface area contributed by atoms with Gasteiger partial charge in [-0.15, -0.1) is 0 Å². The summed E-state index contributed by atoms with van der Waals surface area (Å²) in [5, 5.41) is 4.23. The molecule has 0 unspecified atom stereocenters. The fourth-order valence-corrected chi connectivity index (χ4v) is 4.54. The van der Waals surface area contributed by atoms with Crippen LogP contribution in [-0.2, 0) is 22.7 Å². The molecule has 0 saturated carbocycles. The van der Waals surface area contributed by atoms with Crippen LogP contribution in [0, 0.1) is 0 Å². The number of H-pyrrole nitrogens is 1. The molecular formula is C24H22F3N3O3S. The molecule has 0 aliphatic rings. The maximum atomic E-state index is 12.9. The number of hydrogen-bond acceptors (Lipinski definition) is 4. The van der Waals surface area contributed by atoms with Crippen molar-refractivity contribution in [1.82, 2.24) is 10.3 Å². The van der Waals surface area contributed by atoms with Crippen LogP contribution in [0.4, 0.5) is 18.9 Å². The number of hydrogen-bond donors (Lipinski definition) is 3. The molecule has 0 spiro atoms. The Morgan fingerprint density at radius 3 is 2.56 bits per heavy atom. The summed E-state index contributed by atoms with van der Waals surface area (Å²) in [5.41, 5.74) is 1.03. The van der Waals surface area contributed by atoms with E-state index in [1.54, 1.807) is 12.1 Å². The third-order valence-corrected chi connectivity index (χ3v) is 6.45. The van der Waals surface area contributed by atoms with Crippen molar-refractivity contribution in [3.8, 4) is 5.75 Å². The molecule has 178 valence electrons. The molecule has 0 aliphatic heterocycles. The second kappa shape index (κ2) is 9.78. The molecule has 3 aromatic carbocycles. The molecule has 4 rings (SSSR count). The molecule has 6 nitrogen and oxygen atoms in total. The highest BCUT2D eigenvalue weighted by atomic mass is 32.2. The lowest BCUT2D eigenvalue weighted by Crippen LogP contribution is -2.21. The van der Waals surface area contributed by atoms with E-state index in [0.717, 1.165) is 40.4 Å². The van der Waals surface area contributed by atoms with Gasteiger partial charge in [0.05, 0.1) is 10.5 Å². The van der Waals surface area contributed by atoms with Crippen molar-refractivity contribution in [3.63, 3.8) is 0 Å². The molecule has 1 aromatic heterocycles. The van der Waals surface area contributed by atoms with E-state index in [1.807, 2.05) is 36.5 Å². The zero-order valence-corrected chi connectivity index (χ0v) is 18.7. The summed E-state index contributed by atoms with van der Waals surface area (Å²) < 4.78 is 72.1. The molecule has 0 radical (unpaired) electrons. The second-order valence-electron chi connectivity index (χ2n) is 7.55. The van der Waals surface area contributed by atoms with Gasteiger partial charge in [0.15, 0.2) is 0 Å². The highest BCUT2D eigenvalue weighted by molar-refractivity contribution is 7.92. The van der Waals surface area contributed by atoms with Gasteiger partial charge in [0, 0.05) is 35.9 Å². The minimum atomic E-state index is -4.63. The standard InChI is InChI=1S/C24H22F3N3O3S/c25-24(26,27)18-5-2-7-20(15-18)34(31,32)30-19-6-1-4-17(14-19)16-28-12-13-33-23-9-3-8-22-21(23)10-11-29-22/h1-11,14-15,28-30H,12-13,16H2. The maximum absolute atomic E-state index is 12.9. The number of rotatable bonds is 9. The number of ether oxygens (including phenoxy) is 1. The average molecular weight is 490 g/mol. The summed E-state index contributed by atoms with van der Waals surface area (Å²) >= 11 is 0. The molecule has 0 bridgehead atoms. The van der Waals surface area contributed by atoms with Gasteiger partial charge in [-0.2, -0.15) is 13.2 Å². The number of fused-ring (bicyclic) bond motifs is 1. The van der Waals surface area contributed by atoms with Crippen LogP contribution in [0.3, 0.4) is 0 Å². The summed E-state index contributed by atoms with van der Waals surface area (Å²) in [6.45, 7) is 1.45. The Balaban J connectivity index is 1.32. The molecule has 0 aliphatic carbocycles. The third-order valence-electron chi connectivity index (χ3n) is 5.07. The van der Waals surface area contributed by atoms with E-state index in [9.17, 15) is 21.6 Å². The Kier molecular flexibility index (Phi) is 6.80. The van der Waals surface area contributed by atoms with Crippen LogP contribution in [-0.4, -0.2) is 26.6 Å². The van der Waals surface area contributed by atoms with Crippen molar-refractivity contribution in [1.29, 1.82) is 0 Å². The zero-order valence-electron chi connectivity index (χ0n) is 17.9. The van der Waals surface area contributed by atoms with E-state index < -0.39 is 26.7 Å². The fraction of sp³-hybridized carbons (Fsp3) is 0.167. The first kappa shape index (κ1) is 23.7. The molecule has 0 saturated heterocycles. The molecule has 0 fully saturated rings. The fourth-order valence-electron chi connectivity index (χ4n) is 3.45. The van der Waals surface area contributed by atoms with Gasteiger partial charge in [-0.3, -0.25) is 4.72 Å². The summed E-state index contributed by atoms with van der Waals surface area (Å²) in [4.78, 5) is 2.67. The van der Waals surface area contributed by atoms with Crippen molar-refractivity contribution in [2.75, 3.05) is 17.9 Å². The summed E-state index contributed by atoms with van der Waals surface area (Å²) in [6.07, 6.45) is -2.78. The van der Waals surface area contributed by atoms with Crippen molar-refractivity contribution >= 4 is 26.6 Å². The quantitative estimate of drug-likeness (QED) is 0.284. The Labute approximate surface area is 194 Å². The van der Waals surface area contributed by atoms with Crippen LogP contribution in [0.15, 0.2) is 83.9 Å². The monoisotopic (exact) mass is 489 g/mol. The van der Waals surface area contributed by atoms with E-state index in [4.69, 9.17) is 4.74 Å². The lowest BCUT2D eigenvalue weighted by Gasteiger charge is -2.12. The summed E-state index contributed by atoms with van der Waals surface area (Å²) in [5.74, 6) is 0.784. The van der Waals surface area contributed by atoms with Crippen LogP contribution in [0.2, 0.25) is 0 Å². The van der Waals surface area contributed by atoms with Crippen LogP contribution in [0.25, 0.3) is 10.9 Å². The molecule has 4 aromatic rings. The second-order valence-corrected chi connectivity index (χ2v) is 9.23. The zero-order chi connectivity index (χ0) is 24.2. The van der Waals surface area contributed by atoms with Gasteiger partial charge >= 0.3 is 6.18 Å². The SMILES string of the molecule is O=S(=O)(Nc1cccc(CNCCOc2cccc3[nH]ccc23)c1)c1cccc(C(F)(F)F)c1. The van der Waals surface area contributed by atoms with Gasteiger partial charge < -0.3 is 15.0 Å². The number of halogens is 3. The molecule has 34 heavy (non-hydrogen) atoms. The van der Waals surface area contributed by atoms with Gasteiger partial charge in [-0.05, 0) is 54.1 Å². The van der Waals surface area contributed by atoms with Crippen LogP contribution >= 0.6 is 0 Å². The molecule has 10 heteroatoms. The smallest absolute Gasteiger partial charge is 0.416 e. The normalized spacial score (nSPS) is 12.1.